The van der Waals surface area contributed by atoms with Crippen LogP contribution in [0.4, 0.5) is 10.3 Å². The molecule has 0 bridgehead atoms. The summed E-state index contributed by atoms with van der Waals surface area (Å²) >= 11 is 0. The van der Waals surface area contributed by atoms with E-state index >= 15 is 0 Å². The average Bonchev–Trinajstić information content (AvgIpc) is 2.14. The Morgan fingerprint density at radius 1 is 1.57 bits per heavy atom. The second-order valence-corrected chi connectivity index (χ2v) is 3.27. The molecule has 14 heavy (non-hydrogen) atoms. The van der Waals surface area contributed by atoms with E-state index in [1.807, 2.05) is 0 Å². The molecular weight excluding hydrogens is 185 g/mol. The first-order valence-corrected chi connectivity index (χ1v) is 4.66. The Hall–Kier alpha value is -1.39. The lowest BCUT2D eigenvalue weighted by atomic mass is 9.96. The normalized spacial score (nSPS) is 16.1. The van der Waals surface area contributed by atoms with Crippen LogP contribution in [0.3, 0.4) is 0 Å². The maximum Gasteiger partial charge on any atom is 0.255 e. The highest BCUT2D eigenvalue weighted by atomic mass is 19.1. The molecule has 0 unspecified atom stereocenters. The highest BCUT2D eigenvalue weighted by Crippen LogP contribution is 2.25. The van der Waals surface area contributed by atoms with Gasteiger partial charge in [-0.05, 0) is 19.3 Å². The van der Waals surface area contributed by atoms with Gasteiger partial charge in [0.2, 0.25) is 11.8 Å². The van der Waals surface area contributed by atoms with E-state index in [2.05, 4.69) is 15.3 Å². The minimum atomic E-state index is -0.504. The summed E-state index contributed by atoms with van der Waals surface area (Å²) in [5, 5.41) is 2.73. The van der Waals surface area contributed by atoms with Crippen molar-refractivity contribution in [1.29, 1.82) is 0 Å². The van der Waals surface area contributed by atoms with Crippen molar-refractivity contribution < 1.29 is 9.13 Å². The number of rotatable bonds is 3. The molecule has 0 aliphatic heterocycles. The number of halogens is 1. The number of nitrogens with zero attached hydrogens (tertiary/aromatic N) is 2. The Kier molecular flexibility index (Phi) is 2.47. The zero-order chi connectivity index (χ0) is 9.97. The van der Waals surface area contributed by atoms with Gasteiger partial charge in [-0.25, -0.2) is 4.98 Å². The molecule has 1 fully saturated rings. The lowest BCUT2D eigenvalue weighted by Crippen LogP contribution is -2.25. The summed E-state index contributed by atoms with van der Waals surface area (Å²) < 4.78 is 18.5. The standard InChI is InChI=1S/C9H12FN3O/c1-11-9-12-5-7(10)8(13-9)14-6-3-2-4-6/h5-6H,2-4H2,1H3,(H,11,12,13). The van der Waals surface area contributed by atoms with Crippen LogP contribution in [0, 0.1) is 5.82 Å². The summed E-state index contributed by atoms with van der Waals surface area (Å²) in [6.45, 7) is 0. The molecule has 0 atom stereocenters. The van der Waals surface area contributed by atoms with Gasteiger partial charge < -0.3 is 10.1 Å². The van der Waals surface area contributed by atoms with Crippen LogP contribution in [0.5, 0.6) is 5.88 Å². The lowest BCUT2D eigenvalue weighted by molar-refractivity contribution is 0.109. The van der Waals surface area contributed by atoms with Crippen molar-refractivity contribution in [1.82, 2.24) is 9.97 Å². The molecule has 5 heteroatoms. The highest BCUT2D eigenvalue weighted by molar-refractivity contribution is 5.27. The number of ether oxygens (including phenoxy) is 1. The Morgan fingerprint density at radius 3 is 2.93 bits per heavy atom. The molecule has 1 heterocycles. The zero-order valence-electron chi connectivity index (χ0n) is 7.96. The van der Waals surface area contributed by atoms with Crippen molar-refractivity contribution in [2.24, 2.45) is 0 Å². The van der Waals surface area contributed by atoms with E-state index in [9.17, 15) is 4.39 Å². The second kappa shape index (κ2) is 3.77. The zero-order valence-corrected chi connectivity index (χ0v) is 7.96. The summed E-state index contributed by atoms with van der Waals surface area (Å²) in [6, 6.07) is 0. The summed E-state index contributed by atoms with van der Waals surface area (Å²) in [6.07, 6.45) is 4.36. The van der Waals surface area contributed by atoms with Gasteiger partial charge in [0.15, 0.2) is 0 Å². The third-order valence-electron chi connectivity index (χ3n) is 2.27. The van der Waals surface area contributed by atoms with Crippen LogP contribution in [-0.2, 0) is 0 Å². The van der Waals surface area contributed by atoms with Gasteiger partial charge >= 0.3 is 0 Å². The van der Waals surface area contributed by atoms with Gasteiger partial charge in [-0.3, -0.25) is 0 Å². The molecule has 0 amide bonds. The third-order valence-corrected chi connectivity index (χ3v) is 2.27. The van der Waals surface area contributed by atoms with Crippen molar-refractivity contribution in [3.8, 4) is 5.88 Å². The maximum absolute atomic E-state index is 13.1. The fourth-order valence-corrected chi connectivity index (χ4v) is 1.20. The molecule has 1 aliphatic carbocycles. The van der Waals surface area contributed by atoms with Crippen molar-refractivity contribution in [3.05, 3.63) is 12.0 Å². The summed E-state index contributed by atoms with van der Waals surface area (Å²) in [4.78, 5) is 7.62. The fourth-order valence-electron chi connectivity index (χ4n) is 1.20. The first kappa shape index (κ1) is 9.18. The number of anilines is 1. The molecule has 2 rings (SSSR count). The van der Waals surface area contributed by atoms with Crippen molar-refractivity contribution >= 4 is 5.95 Å². The summed E-state index contributed by atoms with van der Waals surface area (Å²) in [5.74, 6) is -0.0781. The molecule has 0 saturated heterocycles. The van der Waals surface area contributed by atoms with Crippen LogP contribution in [0.25, 0.3) is 0 Å². The van der Waals surface area contributed by atoms with E-state index in [4.69, 9.17) is 4.74 Å². The number of hydrogen-bond acceptors (Lipinski definition) is 4. The predicted octanol–water partition coefficient (Wildman–Crippen LogP) is 1.59. The number of nitrogens with one attached hydrogen (secondary N) is 1. The van der Waals surface area contributed by atoms with Crippen LogP contribution in [0.2, 0.25) is 0 Å². The van der Waals surface area contributed by atoms with Crippen LogP contribution in [-0.4, -0.2) is 23.1 Å². The molecule has 1 N–H and O–H groups in total. The second-order valence-electron chi connectivity index (χ2n) is 3.27. The van der Waals surface area contributed by atoms with E-state index in [0.717, 1.165) is 25.5 Å². The van der Waals surface area contributed by atoms with Crippen LogP contribution < -0.4 is 10.1 Å². The Morgan fingerprint density at radius 2 is 2.36 bits per heavy atom. The molecule has 0 radical (unpaired) electrons. The monoisotopic (exact) mass is 197 g/mol. The predicted molar refractivity (Wildman–Crippen MR) is 49.8 cm³/mol. The molecule has 76 valence electrons. The fraction of sp³-hybridized carbons (Fsp3) is 0.556. The van der Waals surface area contributed by atoms with E-state index in [1.165, 1.54) is 0 Å². The van der Waals surface area contributed by atoms with Crippen LogP contribution in [0.1, 0.15) is 19.3 Å². The molecule has 1 saturated carbocycles. The topological polar surface area (TPSA) is 47.0 Å². The molecule has 1 aliphatic rings. The highest BCUT2D eigenvalue weighted by Gasteiger charge is 2.21. The largest absolute Gasteiger partial charge is 0.472 e. The number of hydrogen-bond donors (Lipinski definition) is 1. The van der Waals surface area contributed by atoms with Crippen LogP contribution in [0.15, 0.2) is 6.20 Å². The molecule has 0 aromatic carbocycles. The van der Waals surface area contributed by atoms with E-state index in [1.54, 1.807) is 7.05 Å². The Labute approximate surface area is 81.5 Å². The SMILES string of the molecule is CNc1ncc(F)c(OC2CCC2)n1. The minimum Gasteiger partial charge on any atom is -0.472 e. The quantitative estimate of drug-likeness (QED) is 0.799. The Bertz CT molecular complexity index is 328. The van der Waals surface area contributed by atoms with E-state index in [-0.39, 0.29) is 12.0 Å². The van der Waals surface area contributed by atoms with Crippen LogP contribution >= 0.6 is 0 Å². The summed E-state index contributed by atoms with van der Waals surface area (Å²) in [5.41, 5.74) is 0. The van der Waals surface area contributed by atoms with Gasteiger partial charge in [-0.2, -0.15) is 9.37 Å². The first-order valence-electron chi connectivity index (χ1n) is 4.66. The lowest BCUT2D eigenvalue weighted by Gasteiger charge is -2.25. The van der Waals surface area contributed by atoms with Gasteiger partial charge in [0.1, 0.15) is 6.10 Å². The van der Waals surface area contributed by atoms with Gasteiger partial charge in [-0.1, -0.05) is 0 Å². The van der Waals surface area contributed by atoms with Crippen molar-refractivity contribution in [2.75, 3.05) is 12.4 Å². The van der Waals surface area contributed by atoms with Gasteiger partial charge in [0.25, 0.3) is 5.88 Å². The minimum absolute atomic E-state index is 0.0500. The smallest absolute Gasteiger partial charge is 0.255 e. The van der Waals surface area contributed by atoms with E-state index < -0.39 is 5.82 Å². The van der Waals surface area contributed by atoms with Crippen molar-refractivity contribution in [2.45, 2.75) is 25.4 Å². The maximum atomic E-state index is 13.1. The molecule has 1 aromatic heterocycles. The number of aromatic nitrogens is 2. The third kappa shape index (κ3) is 1.76. The van der Waals surface area contributed by atoms with Gasteiger partial charge in [0, 0.05) is 7.05 Å². The van der Waals surface area contributed by atoms with E-state index in [0.29, 0.717) is 5.95 Å². The van der Waals surface area contributed by atoms with Crippen molar-refractivity contribution in [3.63, 3.8) is 0 Å². The molecule has 4 nitrogen and oxygen atoms in total. The van der Waals surface area contributed by atoms with Gasteiger partial charge in [0.05, 0.1) is 6.20 Å². The Balaban J connectivity index is 2.13. The summed E-state index contributed by atoms with van der Waals surface area (Å²) in [7, 11) is 1.68. The molecule has 1 aromatic rings. The molecule has 0 spiro atoms. The average molecular weight is 197 g/mol. The molecular formula is C9H12FN3O. The van der Waals surface area contributed by atoms with Gasteiger partial charge in [-0.15, -0.1) is 0 Å². The first-order chi connectivity index (χ1) is 6.79.